The quantitative estimate of drug-likeness (QED) is 0.900. The van der Waals surface area contributed by atoms with Gasteiger partial charge in [0.05, 0.1) is 17.3 Å². The maximum atomic E-state index is 12.0. The lowest BCUT2D eigenvalue weighted by Crippen LogP contribution is -2.12. The van der Waals surface area contributed by atoms with E-state index in [-0.39, 0.29) is 5.91 Å². The van der Waals surface area contributed by atoms with Gasteiger partial charge in [-0.3, -0.25) is 4.79 Å². The molecule has 112 valence electrons. The number of rotatable bonds is 5. The number of ether oxygens (including phenoxy) is 1. The lowest BCUT2D eigenvalue weighted by Gasteiger charge is -2.07. The molecule has 1 amide bonds. The summed E-state index contributed by atoms with van der Waals surface area (Å²) in [6.07, 6.45) is 6.83. The fraction of sp³-hybridized carbons (Fsp3) is 0.500. The fourth-order valence-electron chi connectivity index (χ4n) is 2.90. The molecule has 5 heteroatoms. The van der Waals surface area contributed by atoms with Gasteiger partial charge in [0, 0.05) is 6.42 Å². The number of benzene rings is 1. The Kier molecular flexibility index (Phi) is 4.39. The number of thiazole rings is 1. The second-order valence-electron chi connectivity index (χ2n) is 5.59. The van der Waals surface area contributed by atoms with Crippen LogP contribution >= 0.6 is 11.3 Å². The Labute approximate surface area is 128 Å². The number of nitrogens with zero attached hydrogens (tertiary/aromatic N) is 1. The van der Waals surface area contributed by atoms with Crippen LogP contribution in [0.2, 0.25) is 0 Å². The van der Waals surface area contributed by atoms with Crippen LogP contribution in [0.15, 0.2) is 18.2 Å². The number of carbonyl (C=O) groups excluding carboxylic acids is 1. The highest BCUT2D eigenvalue weighted by molar-refractivity contribution is 7.22. The SMILES string of the molecule is COc1ccc2nc(NC(=O)CCC3CCCC3)sc2c1. The van der Waals surface area contributed by atoms with Crippen LogP contribution in [0.3, 0.4) is 0 Å². The summed E-state index contributed by atoms with van der Waals surface area (Å²) >= 11 is 1.49. The zero-order valence-corrected chi connectivity index (χ0v) is 13.0. The van der Waals surface area contributed by atoms with E-state index in [1.165, 1.54) is 37.0 Å². The van der Waals surface area contributed by atoms with Crippen molar-refractivity contribution in [3.05, 3.63) is 18.2 Å². The number of amides is 1. The zero-order chi connectivity index (χ0) is 14.7. The normalized spacial score (nSPS) is 15.5. The first-order chi connectivity index (χ1) is 10.2. The van der Waals surface area contributed by atoms with E-state index in [2.05, 4.69) is 10.3 Å². The lowest BCUT2D eigenvalue weighted by molar-refractivity contribution is -0.116. The summed E-state index contributed by atoms with van der Waals surface area (Å²) in [4.78, 5) is 16.4. The van der Waals surface area contributed by atoms with Gasteiger partial charge < -0.3 is 10.1 Å². The van der Waals surface area contributed by atoms with Gasteiger partial charge >= 0.3 is 0 Å². The average Bonchev–Trinajstić information content (AvgIpc) is 3.13. The minimum absolute atomic E-state index is 0.0768. The van der Waals surface area contributed by atoms with E-state index in [0.29, 0.717) is 11.6 Å². The molecule has 0 atom stereocenters. The third-order valence-corrected chi connectivity index (χ3v) is 5.03. The van der Waals surface area contributed by atoms with Crippen LogP contribution in [0.1, 0.15) is 38.5 Å². The molecule has 0 aliphatic heterocycles. The molecule has 3 rings (SSSR count). The summed E-state index contributed by atoms with van der Waals surface area (Å²) in [7, 11) is 1.65. The maximum absolute atomic E-state index is 12.0. The number of hydrogen-bond donors (Lipinski definition) is 1. The monoisotopic (exact) mass is 304 g/mol. The molecule has 2 aromatic rings. The highest BCUT2D eigenvalue weighted by Crippen LogP contribution is 2.30. The Morgan fingerprint density at radius 2 is 2.24 bits per heavy atom. The van der Waals surface area contributed by atoms with Gasteiger partial charge in [0.2, 0.25) is 5.91 Å². The Morgan fingerprint density at radius 1 is 1.43 bits per heavy atom. The molecule has 0 radical (unpaired) electrons. The zero-order valence-electron chi connectivity index (χ0n) is 12.2. The maximum Gasteiger partial charge on any atom is 0.226 e. The van der Waals surface area contributed by atoms with Crippen LogP contribution in [-0.4, -0.2) is 18.0 Å². The van der Waals surface area contributed by atoms with Crippen LogP contribution in [0.4, 0.5) is 5.13 Å². The van der Waals surface area contributed by atoms with E-state index in [0.717, 1.165) is 28.3 Å². The van der Waals surface area contributed by atoms with E-state index < -0.39 is 0 Å². The number of carbonyl (C=O) groups is 1. The summed E-state index contributed by atoms with van der Waals surface area (Å²) in [6.45, 7) is 0. The van der Waals surface area contributed by atoms with Gasteiger partial charge in [0.15, 0.2) is 5.13 Å². The van der Waals surface area contributed by atoms with Crippen LogP contribution in [0.5, 0.6) is 5.75 Å². The van der Waals surface area contributed by atoms with Crippen LogP contribution in [0.25, 0.3) is 10.2 Å². The summed E-state index contributed by atoms with van der Waals surface area (Å²) in [5.41, 5.74) is 0.895. The van der Waals surface area contributed by atoms with Gasteiger partial charge in [-0.2, -0.15) is 0 Å². The van der Waals surface area contributed by atoms with Crippen molar-refractivity contribution in [2.24, 2.45) is 5.92 Å². The molecule has 1 saturated carbocycles. The highest BCUT2D eigenvalue weighted by atomic mass is 32.1. The van der Waals surface area contributed by atoms with E-state index in [9.17, 15) is 4.79 Å². The smallest absolute Gasteiger partial charge is 0.226 e. The summed E-state index contributed by atoms with van der Waals surface area (Å²) in [5, 5.41) is 3.60. The minimum Gasteiger partial charge on any atom is -0.497 e. The van der Waals surface area contributed by atoms with Crippen molar-refractivity contribution in [3.63, 3.8) is 0 Å². The van der Waals surface area contributed by atoms with Crippen molar-refractivity contribution in [3.8, 4) is 5.75 Å². The van der Waals surface area contributed by atoms with E-state index in [1.807, 2.05) is 18.2 Å². The van der Waals surface area contributed by atoms with Gasteiger partial charge in [-0.25, -0.2) is 4.98 Å². The predicted octanol–water partition coefficient (Wildman–Crippen LogP) is 4.21. The topological polar surface area (TPSA) is 51.2 Å². The molecule has 1 aromatic heterocycles. The molecular formula is C16H20N2O2S. The molecule has 0 unspecified atom stereocenters. The van der Waals surface area contributed by atoms with Crippen molar-refractivity contribution in [1.82, 2.24) is 4.98 Å². The number of nitrogens with one attached hydrogen (secondary N) is 1. The van der Waals surface area contributed by atoms with E-state index >= 15 is 0 Å². The molecule has 0 saturated heterocycles. The third-order valence-electron chi connectivity index (χ3n) is 4.10. The van der Waals surface area contributed by atoms with Crippen LogP contribution in [0, 0.1) is 5.92 Å². The molecule has 1 aliphatic carbocycles. The first-order valence-electron chi connectivity index (χ1n) is 7.49. The first kappa shape index (κ1) is 14.3. The molecule has 1 aromatic carbocycles. The number of methoxy groups -OCH3 is 1. The van der Waals surface area contributed by atoms with Crippen molar-refractivity contribution in [1.29, 1.82) is 0 Å². The molecular weight excluding hydrogens is 284 g/mol. The first-order valence-corrected chi connectivity index (χ1v) is 8.30. The number of hydrogen-bond acceptors (Lipinski definition) is 4. The largest absolute Gasteiger partial charge is 0.497 e. The molecule has 21 heavy (non-hydrogen) atoms. The van der Waals surface area contributed by atoms with Gasteiger partial charge in [0.25, 0.3) is 0 Å². The standard InChI is InChI=1S/C16H20N2O2S/c1-20-12-7-8-13-14(10-12)21-16(17-13)18-15(19)9-6-11-4-2-3-5-11/h7-8,10-11H,2-6,9H2,1H3,(H,17,18,19). The van der Waals surface area contributed by atoms with Gasteiger partial charge in [-0.15, -0.1) is 0 Å². The molecule has 1 N–H and O–H groups in total. The second-order valence-corrected chi connectivity index (χ2v) is 6.62. The van der Waals surface area contributed by atoms with Crippen LogP contribution in [-0.2, 0) is 4.79 Å². The molecule has 0 spiro atoms. The Balaban J connectivity index is 1.59. The molecule has 1 heterocycles. The fourth-order valence-corrected chi connectivity index (χ4v) is 3.81. The van der Waals surface area contributed by atoms with Crippen molar-refractivity contribution in [2.45, 2.75) is 38.5 Å². The molecule has 1 fully saturated rings. The summed E-state index contributed by atoms with van der Waals surface area (Å²) in [6, 6.07) is 5.74. The van der Waals surface area contributed by atoms with Crippen molar-refractivity contribution >= 4 is 32.6 Å². The lowest BCUT2D eigenvalue weighted by atomic mass is 10.0. The average molecular weight is 304 g/mol. The van der Waals surface area contributed by atoms with E-state index in [1.54, 1.807) is 7.11 Å². The molecule has 4 nitrogen and oxygen atoms in total. The predicted molar refractivity (Wildman–Crippen MR) is 86.0 cm³/mol. The Bertz CT molecular complexity index is 632. The third kappa shape index (κ3) is 3.53. The number of fused-ring (bicyclic) bond motifs is 1. The van der Waals surface area contributed by atoms with Crippen molar-refractivity contribution in [2.75, 3.05) is 12.4 Å². The van der Waals surface area contributed by atoms with Gasteiger partial charge in [-0.1, -0.05) is 37.0 Å². The Morgan fingerprint density at radius 3 is 3.00 bits per heavy atom. The van der Waals surface area contributed by atoms with Gasteiger partial charge in [-0.05, 0) is 30.5 Å². The highest BCUT2D eigenvalue weighted by Gasteiger charge is 2.16. The Hall–Kier alpha value is -1.62. The second kappa shape index (κ2) is 6.43. The minimum atomic E-state index is 0.0768. The molecule has 0 bridgehead atoms. The van der Waals surface area contributed by atoms with Crippen LogP contribution < -0.4 is 10.1 Å². The van der Waals surface area contributed by atoms with Crippen molar-refractivity contribution < 1.29 is 9.53 Å². The molecule has 1 aliphatic rings. The number of aromatic nitrogens is 1. The number of anilines is 1. The van der Waals surface area contributed by atoms with E-state index in [4.69, 9.17) is 4.74 Å². The summed E-state index contributed by atoms with van der Waals surface area (Å²) < 4.78 is 6.23. The summed E-state index contributed by atoms with van der Waals surface area (Å²) in [5.74, 6) is 1.63. The van der Waals surface area contributed by atoms with Gasteiger partial charge in [0.1, 0.15) is 5.75 Å².